The highest BCUT2D eigenvalue weighted by molar-refractivity contribution is 6.31. The number of ether oxygens (including phenoxy) is 1. The van der Waals surface area contributed by atoms with Crippen molar-refractivity contribution in [3.63, 3.8) is 0 Å². The number of benzene rings is 1. The Kier molecular flexibility index (Phi) is 4.37. The first-order valence-electron chi connectivity index (χ1n) is 8.37. The van der Waals surface area contributed by atoms with E-state index in [1.807, 2.05) is 35.9 Å². The van der Waals surface area contributed by atoms with Gasteiger partial charge >= 0.3 is 0 Å². The largest absolute Gasteiger partial charge is 0.392 e. The number of aliphatic hydroxyl groups is 1. The predicted octanol–water partition coefficient (Wildman–Crippen LogP) is 3.29. The molecule has 130 valence electrons. The molecular formula is C19H20ClN3O2. The highest BCUT2D eigenvalue weighted by atomic mass is 35.5. The fraction of sp³-hybridized carbons (Fsp3) is 0.316. The van der Waals surface area contributed by atoms with Crippen LogP contribution in [0.25, 0.3) is 16.9 Å². The number of hydrogen-bond donors (Lipinski definition) is 1. The van der Waals surface area contributed by atoms with E-state index in [2.05, 4.69) is 17.0 Å². The van der Waals surface area contributed by atoms with Gasteiger partial charge in [0, 0.05) is 47.8 Å². The maximum absolute atomic E-state index is 9.69. The van der Waals surface area contributed by atoms with Crippen LogP contribution in [0.3, 0.4) is 0 Å². The van der Waals surface area contributed by atoms with Crippen molar-refractivity contribution in [2.45, 2.75) is 13.5 Å². The number of morpholine rings is 1. The molecule has 5 nitrogen and oxygen atoms in total. The number of anilines is 1. The number of imidazole rings is 1. The highest BCUT2D eigenvalue weighted by Gasteiger charge is 2.14. The molecular weight excluding hydrogens is 338 g/mol. The summed E-state index contributed by atoms with van der Waals surface area (Å²) in [6.45, 7) is 5.20. The fourth-order valence-corrected chi connectivity index (χ4v) is 3.39. The number of aryl methyl sites for hydroxylation is 1. The Hall–Kier alpha value is -2.08. The minimum Gasteiger partial charge on any atom is -0.392 e. The van der Waals surface area contributed by atoms with E-state index < -0.39 is 0 Å². The van der Waals surface area contributed by atoms with Crippen molar-refractivity contribution in [1.82, 2.24) is 9.38 Å². The first kappa shape index (κ1) is 16.4. The fourth-order valence-electron chi connectivity index (χ4n) is 3.23. The first-order valence-corrected chi connectivity index (χ1v) is 8.75. The lowest BCUT2D eigenvalue weighted by Crippen LogP contribution is -2.36. The van der Waals surface area contributed by atoms with E-state index in [1.54, 1.807) is 0 Å². The van der Waals surface area contributed by atoms with Gasteiger partial charge in [-0.05, 0) is 30.2 Å². The molecule has 3 aromatic rings. The molecule has 1 saturated heterocycles. The van der Waals surface area contributed by atoms with Crippen molar-refractivity contribution in [3.8, 4) is 11.3 Å². The van der Waals surface area contributed by atoms with E-state index >= 15 is 0 Å². The van der Waals surface area contributed by atoms with Crippen molar-refractivity contribution >= 4 is 22.9 Å². The van der Waals surface area contributed by atoms with Gasteiger partial charge in [-0.3, -0.25) is 0 Å². The molecule has 0 aliphatic carbocycles. The third kappa shape index (κ3) is 3.11. The summed E-state index contributed by atoms with van der Waals surface area (Å²) in [5.74, 6) is 0. The Morgan fingerprint density at radius 1 is 1.24 bits per heavy atom. The molecule has 4 rings (SSSR count). The summed E-state index contributed by atoms with van der Waals surface area (Å²) in [5.41, 5.74) is 5.49. The van der Waals surface area contributed by atoms with Gasteiger partial charge in [0.05, 0.1) is 25.5 Å². The number of aromatic nitrogens is 2. The van der Waals surface area contributed by atoms with Crippen LogP contribution in [0.1, 0.15) is 11.1 Å². The second-order valence-corrected chi connectivity index (χ2v) is 6.70. The number of fused-ring (bicyclic) bond motifs is 1. The normalized spacial score (nSPS) is 15.1. The van der Waals surface area contributed by atoms with Crippen LogP contribution in [0, 0.1) is 6.92 Å². The third-order valence-corrected chi connectivity index (χ3v) is 5.06. The molecule has 3 heterocycles. The van der Waals surface area contributed by atoms with Crippen molar-refractivity contribution < 1.29 is 9.84 Å². The van der Waals surface area contributed by atoms with Crippen molar-refractivity contribution in [2.75, 3.05) is 31.2 Å². The Labute approximate surface area is 151 Å². The van der Waals surface area contributed by atoms with Crippen molar-refractivity contribution in [2.24, 2.45) is 0 Å². The molecule has 0 radical (unpaired) electrons. The summed E-state index contributed by atoms with van der Waals surface area (Å²) in [6.07, 6.45) is 3.99. The average Bonchev–Trinajstić information content (AvgIpc) is 3.07. The van der Waals surface area contributed by atoms with Gasteiger partial charge < -0.3 is 19.1 Å². The topological polar surface area (TPSA) is 50.0 Å². The van der Waals surface area contributed by atoms with Crippen LogP contribution in [0.2, 0.25) is 5.02 Å². The lowest BCUT2D eigenvalue weighted by molar-refractivity contribution is 0.122. The number of rotatable bonds is 3. The predicted molar refractivity (Wildman–Crippen MR) is 99.3 cm³/mol. The number of nitrogens with zero attached hydrogens (tertiary/aromatic N) is 3. The summed E-state index contributed by atoms with van der Waals surface area (Å²) in [4.78, 5) is 7.06. The molecule has 1 aromatic carbocycles. The van der Waals surface area contributed by atoms with E-state index in [4.69, 9.17) is 21.3 Å². The third-order valence-electron chi connectivity index (χ3n) is 4.65. The van der Waals surface area contributed by atoms with Crippen molar-refractivity contribution in [1.29, 1.82) is 0 Å². The molecule has 6 heteroatoms. The quantitative estimate of drug-likeness (QED) is 0.781. The van der Waals surface area contributed by atoms with Gasteiger partial charge in [-0.25, -0.2) is 4.98 Å². The zero-order chi connectivity index (χ0) is 17.4. The maximum atomic E-state index is 9.69. The first-order chi connectivity index (χ1) is 12.2. The molecule has 0 amide bonds. The lowest BCUT2D eigenvalue weighted by Gasteiger charge is -2.28. The van der Waals surface area contributed by atoms with Gasteiger partial charge in [-0.2, -0.15) is 0 Å². The molecule has 0 spiro atoms. The van der Waals surface area contributed by atoms with Crippen LogP contribution < -0.4 is 4.90 Å². The van der Waals surface area contributed by atoms with E-state index in [1.165, 1.54) is 0 Å². The van der Waals surface area contributed by atoms with E-state index in [-0.39, 0.29) is 6.61 Å². The van der Waals surface area contributed by atoms with Gasteiger partial charge in [-0.1, -0.05) is 17.7 Å². The standard InChI is InChI=1S/C19H20ClN3O2/c1-13-8-14(12-24)16(10-17(13)20)18-11-23-3-2-15(9-19(23)21-18)22-4-6-25-7-5-22/h2-3,8-11,24H,4-7,12H2,1H3. The summed E-state index contributed by atoms with van der Waals surface area (Å²) < 4.78 is 7.41. The van der Waals surface area contributed by atoms with Crippen LogP contribution >= 0.6 is 11.6 Å². The molecule has 1 N–H and O–H groups in total. The molecule has 0 atom stereocenters. The highest BCUT2D eigenvalue weighted by Crippen LogP contribution is 2.30. The summed E-state index contributed by atoms with van der Waals surface area (Å²) in [5, 5.41) is 10.4. The van der Waals surface area contributed by atoms with Gasteiger partial charge in [-0.15, -0.1) is 0 Å². The van der Waals surface area contributed by atoms with Crippen LogP contribution in [-0.2, 0) is 11.3 Å². The Morgan fingerprint density at radius 3 is 2.80 bits per heavy atom. The number of pyridine rings is 1. The monoisotopic (exact) mass is 357 g/mol. The van der Waals surface area contributed by atoms with Crippen LogP contribution in [0.15, 0.2) is 36.7 Å². The molecule has 2 aromatic heterocycles. The van der Waals surface area contributed by atoms with E-state index in [9.17, 15) is 5.11 Å². The minimum absolute atomic E-state index is 0.0414. The summed E-state index contributed by atoms with van der Waals surface area (Å²) >= 11 is 6.28. The zero-order valence-electron chi connectivity index (χ0n) is 14.1. The minimum atomic E-state index is -0.0414. The number of aliphatic hydroxyl groups excluding tert-OH is 1. The molecule has 0 saturated carbocycles. The van der Waals surface area contributed by atoms with Crippen molar-refractivity contribution in [3.05, 3.63) is 52.8 Å². The molecule has 0 unspecified atom stereocenters. The molecule has 1 fully saturated rings. The zero-order valence-corrected chi connectivity index (χ0v) is 14.8. The number of hydrogen-bond acceptors (Lipinski definition) is 4. The molecule has 0 bridgehead atoms. The van der Waals surface area contributed by atoms with Crippen LogP contribution in [-0.4, -0.2) is 40.8 Å². The second kappa shape index (κ2) is 6.67. The molecule has 25 heavy (non-hydrogen) atoms. The van der Waals surface area contributed by atoms with Gasteiger partial charge in [0.2, 0.25) is 0 Å². The number of halogens is 1. The summed E-state index contributed by atoms with van der Waals surface area (Å²) in [6, 6.07) is 7.98. The molecule has 1 aliphatic rings. The SMILES string of the molecule is Cc1cc(CO)c(-c2cn3ccc(N4CCOCC4)cc3n2)cc1Cl. The Balaban J connectivity index is 1.75. The van der Waals surface area contributed by atoms with E-state index in [0.29, 0.717) is 5.02 Å². The second-order valence-electron chi connectivity index (χ2n) is 6.29. The smallest absolute Gasteiger partial charge is 0.139 e. The van der Waals surface area contributed by atoms with Gasteiger partial charge in [0.1, 0.15) is 5.65 Å². The molecule has 1 aliphatic heterocycles. The van der Waals surface area contributed by atoms with Crippen LogP contribution in [0.4, 0.5) is 5.69 Å². The van der Waals surface area contributed by atoms with E-state index in [0.717, 1.165) is 60.0 Å². The Bertz CT molecular complexity index is 916. The average molecular weight is 358 g/mol. The van der Waals surface area contributed by atoms with Crippen LogP contribution in [0.5, 0.6) is 0 Å². The summed E-state index contributed by atoms with van der Waals surface area (Å²) in [7, 11) is 0. The maximum Gasteiger partial charge on any atom is 0.139 e. The Morgan fingerprint density at radius 2 is 2.04 bits per heavy atom. The van der Waals surface area contributed by atoms with Gasteiger partial charge in [0.25, 0.3) is 0 Å². The van der Waals surface area contributed by atoms with Gasteiger partial charge in [0.15, 0.2) is 0 Å². The lowest BCUT2D eigenvalue weighted by atomic mass is 10.0.